The Morgan fingerprint density at radius 2 is 1.70 bits per heavy atom. The van der Waals surface area contributed by atoms with Gasteiger partial charge in [0.05, 0.1) is 5.52 Å². The summed E-state index contributed by atoms with van der Waals surface area (Å²) in [4.78, 5) is 16.9. The van der Waals surface area contributed by atoms with E-state index in [1.54, 1.807) is 0 Å². The second kappa shape index (κ2) is 8.22. The van der Waals surface area contributed by atoms with Crippen LogP contribution < -0.4 is 0 Å². The number of hydrogen-bond donors (Lipinski definition) is 0. The number of benzene rings is 2. The average Bonchev–Trinajstić information content (AvgIpc) is 2.70. The molecule has 0 aliphatic heterocycles. The molecule has 0 amide bonds. The lowest BCUT2D eigenvalue weighted by Crippen LogP contribution is -2.17. The van der Waals surface area contributed by atoms with Gasteiger partial charge in [0.1, 0.15) is 5.78 Å². The van der Waals surface area contributed by atoms with Gasteiger partial charge >= 0.3 is 0 Å². The van der Waals surface area contributed by atoms with Gasteiger partial charge in [0, 0.05) is 29.4 Å². The number of rotatable bonds is 5. The van der Waals surface area contributed by atoms with E-state index < -0.39 is 0 Å². The summed E-state index contributed by atoms with van der Waals surface area (Å²) < 4.78 is 0. The summed E-state index contributed by atoms with van der Waals surface area (Å²) in [5.74, 6) is 1.45. The highest BCUT2D eigenvalue weighted by atomic mass is 35.5. The standard InChI is InChI=1S/C24H24ClNO/c25-20-11-7-18(8-12-20)16-21(27)15-17-5-9-19(10-6-17)22-13-14-26-24-4-2-1-3-23(22)24/h1-4,7-8,11-14,17,19H,5-6,9-10,15-16H2. The van der Waals surface area contributed by atoms with Gasteiger partial charge in [-0.2, -0.15) is 0 Å². The topological polar surface area (TPSA) is 30.0 Å². The first kappa shape index (κ1) is 18.2. The van der Waals surface area contributed by atoms with Crippen LogP contribution in [0.5, 0.6) is 0 Å². The SMILES string of the molecule is O=C(Cc1ccc(Cl)cc1)CC1CCC(c2ccnc3ccccc23)CC1. The van der Waals surface area contributed by atoms with Crippen molar-refractivity contribution in [2.45, 2.75) is 44.4 Å². The third-order valence-corrected chi connectivity index (χ3v) is 6.05. The Kier molecular flexibility index (Phi) is 5.54. The maximum Gasteiger partial charge on any atom is 0.137 e. The Balaban J connectivity index is 1.34. The van der Waals surface area contributed by atoms with Crippen LogP contribution in [-0.4, -0.2) is 10.8 Å². The van der Waals surface area contributed by atoms with Crippen molar-refractivity contribution in [3.05, 3.63) is 76.9 Å². The molecule has 138 valence electrons. The van der Waals surface area contributed by atoms with E-state index in [9.17, 15) is 4.79 Å². The zero-order valence-electron chi connectivity index (χ0n) is 15.4. The first-order valence-electron chi connectivity index (χ1n) is 9.79. The van der Waals surface area contributed by atoms with E-state index in [-0.39, 0.29) is 0 Å². The van der Waals surface area contributed by atoms with Crippen molar-refractivity contribution in [1.82, 2.24) is 4.98 Å². The van der Waals surface area contributed by atoms with Crippen LogP contribution in [0.15, 0.2) is 60.8 Å². The average molecular weight is 378 g/mol. The van der Waals surface area contributed by atoms with Crippen molar-refractivity contribution >= 4 is 28.3 Å². The van der Waals surface area contributed by atoms with Gasteiger partial charge in [0.2, 0.25) is 0 Å². The molecule has 27 heavy (non-hydrogen) atoms. The molecule has 1 saturated carbocycles. The molecule has 0 unspecified atom stereocenters. The Morgan fingerprint density at radius 3 is 2.48 bits per heavy atom. The zero-order chi connectivity index (χ0) is 18.6. The molecule has 0 N–H and O–H groups in total. The van der Waals surface area contributed by atoms with Crippen molar-refractivity contribution in [2.75, 3.05) is 0 Å². The highest BCUT2D eigenvalue weighted by Gasteiger charge is 2.25. The maximum absolute atomic E-state index is 12.5. The molecule has 2 aromatic carbocycles. The van der Waals surface area contributed by atoms with Crippen molar-refractivity contribution in [2.24, 2.45) is 5.92 Å². The lowest BCUT2D eigenvalue weighted by Gasteiger charge is -2.29. The third kappa shape index (κ3) is 4.39. The molecule has 0 radical (unpaired) electrons. The Hall–Kier alpha value is -2.19. The van der Waals surface area contributed by atoms with E-state index in [1.165, 1.54) is 10.9 Å². The lowest BCUT2D eigenvalue weighted by molar-refractivity contribution is -0.119. The molecular weight excluding hydrogens is 354 g/mol. The molecule has 3 aromatic rings. The summed E-state index contributed by atoms with van der Waals surface area (Å²) >= 11 is 5.92. The number of nitrogens with zero attached hydrogens (tertiary/aromatic N) is 1. The van der Waals surface area contributed by atoms with Crippen LogP contribution >= 0.6 is 11.6 Å². The highest BCUT2D eigenvalue weighted by molar-refractivity contribution is 6.30. The molecule has 0 bridgehead atoms. The van der Waals surface area contributed by atoms with Gasteiger partial charge in [-0.3, -0.25) is 9.78 Å². The number of aromatic nitrogens is 1. The normalized spacial score (nSPS) is 19.9. The van der Waals surface area contributed by atoms with E-state index in [4.69, 9.17) is 11.6 Å². The number of Topliss-reactive ketones (excluding diaryl/α,β-unsaturated/α-hetero) is 1. The van der Waals surface area contributed by atoms with Gasteiger partial charge in [-0.15, -0.1) is 0 Å². The maximum atomic E-state index is 12.5. The number of para-hydroxylation sites is 1. The largest absolute Gasteiger partial charge is 0.299 e. The predicted molar refractivity (Wildman–Crippen MR) is 111 cm³/mol. The first-order valence-corrected chi connectivity index (χ1v) is 10.2. The van der Waals surface area contributed by atoms with Crippen LogP contribution in [0.2, 0.25) is 5.02 Å². The minimum atomic E-state index is 0.343. The third-order valence-electron chi connectivity index (χ3n) is 5.80. The molecule has 1 aromatic heterocycles. The quantitative estimate of drug-likeness (QED) is 0.517. The smallest absolute Gasteiger partial charge is 0.137 e. The summed E-state index contributed by atoms with van der Waals surface area (Å²) in [5.41, 5.74) is 3.56. The number of hydrogen-bond acceptors (Lipinski definition) is 2. The first-order chi connectivity index (χ1) is 13.2. The van der Waals surface area contributed by atoms with E-state index in [0.29, 0.717) is 35.5 Å². The fourth-order valence-electron chi connectivity index (χ4n) is 4.38. The highest BCUT2D eigenvalue weighted by Crippen LogP contribution is 2.39. The fraction of sp³-hybridized carbons (Fsp3) is 0.333. The molecule has 0 spiro atoms. The van der Waals surface area contributed by atoms with Crippen LogP contribution in [0.3, 0.4) is 0 Å². The van der Waals surface area contributed by atoms with Gasteiger partial charge in [-0.1, -0.05) is 41.9 Å². The molecule has 1 aliphatic rings. The van der Waals surface area contributed by atoms with Crippen molar-refractivity contribution in [1.29, 1.82) is 0 Å². The molecule has 1 aliphatic carbocycles. The van der Waals surface area contributed by atoms with Gasteiger partial charge in [0.15, 0.2) is 0 Å². The molecular formula is C24H24ClNO. The van der Waals surface area contributed by atoms with Gasteiger partial charge < -0.3 is 0 Å². The van der Waals surface area contributed by atoms with Crippen molar-refractivity contribution in [3.63, 3.8) is 0 Å². The number of carbonyl (C=O) groups is 1. The van der Waals surface area contributed by atoms with E-state index >= 15 is 0 Å². The summed E-state index contributed by atoms with van der Waals surface area (Å²) in [6.07, 6.45) is 7.74. The monoisotopic (exact) mass is 377 g/mol. The van der Waals surface area contributed by atoms with E-state index in [2.05, 4.69) is 29.2 Å². The van der Waals surface area contributed by atoms with Gasteiger partial charge in [0.25, 0.3) is 0 Å². The summed E-state index contributed by atoms with van der Waals surface area (Å²) in [7, 11) is 0. The zero-order valence-corrected chi connectivity index (χ0v) is 16.2. The molecule has 0 saturated heterocycles. The summed E-state index contributed by atoms with van der Waals surface area (Å²) in [5, 5.41) is 2.00. The van der Waals surface area contributed by atoms with Gasteiger partial charge in [-0.05, 0) is 72.9 Å². The number of carbonyl (C=O) groups excluding carboxylic acids is 1. The predicted octanol–water partition coefficient (Wildman–Crippen LogP) is 6.36. The second-order valence-corrected chi connectivity index (χ2v) is 8.12. The number of ketones is 1. The van der Waals surface area contributed by atoms with Crippen LogP contribution in [0.4, 0.5) is 0 Å². The molecule has 1 fully saturated rings. The minimum absolute atomic E-state index is 0.343. The molecule has 1 heterocycles. The summed E-state index contributed by atoms with van der Waals surface area (Å²) in [6.45, 7) is 0. The molecule has 3 heteroatoms. The lowest BCUT2D eigenvalue weighted by atomic mass is 9.76. The number of pyridine rings is 1. The van der Waals surface area contributed by atoms with Crippen molar-refractivity contribution < 1.29 is 4.79 Å². The fourth-order valence-corrected chi connectivity index (χ4v) is 4.50. The van der Waals surface area contributed by atoms with Gasteiger partial charge in [-0.25, -0.2) is 0 Å². The minimum Gasteiger partial charge on any atom is -0.299 e. The van der Waals surface area contributed by atoms with E-state index in [0.717, 1.165) is 36.8 Å². The van der Waals surface area contributed by atoms with Crippen LogP contribution in [0, 0.1) is 5.92 Å². The van der Waals surface area contributed by atoms with Crippen LogP contribution in [-0.2, 0) is 11.2 Å². The molecule has 2 nitrogen and oxygen atoms in total. The molecule has 0 atom stereocenters. The number of halogens is 1. The second-order valence-electron chi connectivity index (χ2n) is 7.68. The molecule has 4 rings (SSSR count). The Labute approximate surface area is 165 Å². The van der Waals surface area contributed by atoms with E-state index in [1.807, 2.05) is 36.5 Å². The van der Waals surface area contributed by atoms with Crippen LogP contribution in [0.1, 0.15) is 49.1 Å². The summed E-state index contributed by atoms with van der Waals surface area (Å²) in [6, 6.07) is 18.2. The Morgan fingerprint density at radius 1 is 0.963 bits per heavy atom. The van der Waals surface area contributed by atoms with Crippen molar-refractivity contribution in [3.8, 4) is 0 Å². The Bertz CT molecular complexity index is 921. The van der Waals surface area contributed by atoms with Crippen LogP contribution in [0.25, 0.3) is 10.9 Å². The number of fused-ring (bicyclic) bond motifs is 1.